The maximum Gasteiger partial charge on any atom is 0.261 e. The van der Waals surface area contributed by atoms with Crippen molar-refractivity contribution in [1.29, 1.82) is 0 Å². The van der Waals surface area contributed by atoms with E-state index in [1.807, 2.05) is 6.92 Å². The highest BCUT2D eigenvalue weighted by Gasteiger charge is 2.19. The van der Waals surface area contributed by atoms with Crippen LogP contribution in [0.1, 0.15) is 17.3 Å². The van der Waals surface area contributed by atoms with Gasteiger partial charge in [-0.1, -0.05) is 11.6 Å². The molecule has 27 heavy (non-hydrogen) atoms. The lowest BCUT2D eigenvalue weighted by molar-refractivity contribution is 0.102. The van der Waals surface area contributed by atoms with Crippen molar-refractivity contribution in [3.63, 3.8) is 0 Å². The lowest BCUT2D eigenvalue weighted by Gasteiger charge is -2.11. The van der Waals surface area contributed by atoms with Crippen LogP contribution in [0.25, 0.3) is 16.9 Å². The average Bonchev–Trinajstić information content (AvgIpc) is 3.30. The molecule has 0 unspecified atom stereocenters. The predicted octanol–water partition coefficient (Wildman–Crippen LogP) is 3.42. The van der Waals surface area contributed by atoms with E-state index in [1.165, 1.54) is 16.9 Å². The van der Waals surface area contributed by atoms with E-state index >= 15 is 0 Å². The van der Waals surface area contributed by atoms with E-state index in [4.69, 9.17) is 16.3 Å². The molecule has 8 nitrogen and oxygen atoms in total. The summed E-state index contributed by atoms with van der Waals surface area (Å²) in [5.41, 5.74) is 2.63. The van der Waals surface area contributed by atoms with Crippen LogP contribution in [0, 0.1) is 0 Å². The SMILES string of the molecule is CCOc1ccc(Cl)cc1-c1[nH]ncc1NC(=O)c1cnn2cccnc12. The summed E-state index contributed by atoms with van der Waals surface area (Å²) in [6, 6.07) is 7.02. The van der Waals surface area contributed by atoms with E-state index in [0.29, 0.717) is 45.5 Å². The minimum atomic E-state index is -0.341. The molecule has 0 aliphatic carbocycles. The van der Waals surface area contributed by atoms with Gasteiger partial charge in [-0.15, -0.1) is 0 Å². The van der Waals surface area contributed by atoms with E-state index in [0.717, 1.165) is 0 Å². The van der Waals surface area contributed by atoms with Gasteiger partial charge < -0.3 is 10.1 Å². The highest BCUT2D eigenvalue weighted by atomic mass is 35.5. The lowest BCUT2D eigenvalue weighted by Crippen LogP contribution is -2.12. The van der Waals surface area contributed by atoms with Crippen molar-refractivity contribution in [2.24, 2.45) is 0 Å². The molecule has 4 aromatic rings. The van der Waals surface area contributed by atoms with Crippen molar-refractivity contribution in [3.05, 3.63) is 59.6 Å². The van der Waals surface area contributed by atoms with Crippen LogP contribution in [0.15, 0.2) is 49.1 Å². The lowest BCUT2D eigenvalue weighted by atomic mass is 10.1. The van der Waals surface area contributed by atoms with Gasteiger partial charge in [-0.25, -0.2) is 9.50 Å². The summed E-state index contributed by atoms with van der Waals surface area (Å²) in [5.74, 6) is 0.297. The van der Waals surface area contributed by atoms with Gasteiger partial charge in [0.1, 0.15) is 11.3 Å². The summed E-state index contributed by atoms with van der Waals surface area (Å²) in [6.07, 6.45) is 6.34. The Morgan fingerprint density at radius 3 is 3.11 bits per heavy atom. The van der Waals surface area contributed by atoms with Crippen molar-refractivity contribution in [1.82, 2.24) is 24.8 Å². The summed E-state index contributed by atoms with van der Waals surface area (Å²) in [5, 5.41) is 14.5. The Morgan fingerprint density at radius 1 is 1.37 bits per heavy atom. The predicted molar refractivity (Wildman–Crippen MR) is 101 cm³/mol. The number of nitrogens with one attached hydrogen (secondary N) is 2. The smallest absolute Gasteiger partial charge is 0.261 e. The van der Waals surface area contributed by atoms with E-state index in [-0.39, 0.29) is 5.91 Å². The van der Waals surface area contributed by atoms with E-state index in [1.54, 1.807) is 36.7 Å². The van der Waals surface area contributed by atoms with Crippen LogP contribution in [0.5, 0.6) is 5.75 Å². The molecule has 2 N–H and O–H groups in total. The molecule has 0 saturated carbocycles. The second-order valence-corrected chi connectivity index (χ2v) is 6.07. The third-order valence-electron chi connectivity index (χ3n) is 3.92. The Bertz CT molecular complexity index is 1120. The first-order valence-electron chi connectivity index (χ1n) is 8.23. The van der Waals surface area contributed by atoms with Crippen LogP contribution < -0.4 is 10.1 Å². The summed E-state index contributed by atoms with van der Waals surface area (Å²) < 4.78 is 7.20. The molecule has 3 heterocycles. The maximum absolute atomic E-state index is 12.7. The van der Waals surface area contributed by atoms with Gasteiger partial charge in [-0.3, -0.25) is 9.89 Å². The van der Waals surface area contributed by atoms with Gasteiger partial charge in [0.15, 0.2) is 5.65 Å². The minimum absolute atomic E-state index is 0.341. The first-order valence-corrected chi connectivity index (χ1v) is 8.61. The van der Waals surface area contributed by atoms with Crippen molar-refractivity contribution >= 4 is 28.8 Å². The fourth-order valence-corrected chi connectivity index (χ4v) is 2.91. The molecule has 0 radical (unpaired) electrons. The van der Waals surface area contributed by atoms with Gasteiger partial charge in [0.25, 0.3) is 5.91 Å². The average molecular weight is 383 g/mol. The molecular formula is C18H15ClN6O2. The molecular weight excluding hydrogens is 368 g/mol. The summed E-state index contributed by atoms with van der Waals surface area (Å²) in [6.45, 7) is 2.39. The fourth-order valence-electron chi connectivity index (χ4n) is 2.74. The van der Waals surface area contributed by atoms with Crippen molar-refractivity contribution in [2.75, 3.05) is 11.9 Å². The normalized spacial score (nSPS) is 10.9. The number of nitrogens with zero attached hydrogens (tertiary/aromatic N) is 4. The van der Waals surface area contributed by atoms with Gasteiger partial charge in [0, 0.05) is 23.0 Å². The number of hydrogen-bond acceptors (Lipinski definition) is 5. The third-order valence-corrected chi connectivity index (χ3v) is 4.16. The number of benzene rings is 1. The van der Waals surface area contributed by atoms with Gasteiger partial charge in [-0.05, 0) is 31.2 Å². The van der Waals surface area contributed by atoms with Crippen LogP contribution in [0.2, 0.25) is 5.02 Å². The number of rotatable bonds is 5. The third kappa shape index (κ3) is 3.22. The van der Waals surface area contributed by atoms with Crippen LogP contribution in [0.3, 0.4) is 0 Å². The number of H-pyrrole nitrogens is 1. The number of aromatic nitrogens is 5. The monoisotopic (exact) mass is 382 g/mol. The molecule has 0 aliphatic heterocycles. The second-order valence-electron chi connectivity index (χ2n) is 5.63. The molecule has 0 bridgehead atoms. The minimum Gasteiger partial charge on any atom is -0.493 e. The van der Waals surface area contributed by atoms with Crippen molar-refractivity contribution in [2.45, 2.75) is 6.92 Å². The number of carbonyl (C=O) groups excluding carboxylic acids is 1. The number of amides is 1. The Labute approximate surface area is 159 Å². The summed E-state index contributed by atoms with van der Waals surface area (Å²) in [4.78, 5) is 16.9. The van der Waals surface area contributed by atoms with Gasteiger partial charge >= 0.3 is 0 Å². The van der Waals surface area contributed by atoms with Gasteiger partial charge in [0.2, 0.25) is 0 Å². The molecule has 3 aromatic heterocycles. The molecule has 1 amide bonds. The Hall–Kier alpha value is -3.39. The molecule has 4 rings (SSSR count). The van der Waals surface area contributed by atoms with Gasteiger partial charge in [0.05, 0.1) is 30.4 Å². The van der Waals surface area contributed by atoms with E-state index in [9.17, 15) is 4.79 Å². The number of anilines is 1. The van der Waals surface area contributed by atoms with Crippen LogP contribution in [0.4, 0.5) is 5.69 Å². The molecule has 136 valence electrons. The van der Waals surface area contributed by atoms with Crippen LogP contribution in [-0.2, 0) is 0 Å². The van der Waals surface area contributed by atoms with Crippen molar-refractivity contribution in [3.8, 4) is 17.0 Å². The first kappa shape index (κ1) is 17.0. The summed E-state index contributed by atoms with van der Waals surface area (Å²) in [7, 11) is 0. The number of fused-ring (bicyclic) bond motifs is 1. The van der Waals surface area contributed by atoms with Gasteiger partial charge in [-0.2, -0.15) is 10.2 Å². The zero-order valence-corrected chi connectivity index (χ0v) is 15.1. The topological polar surface area (TPSA) is 97.2 Å². The van der Waals surface area contributed by atoms with Crippen LogP contribution >= 0.6 is 11.6 Å². The number of aromatic amines is 1. The van der Waals surface area contributed by atoms with E-state index in [2.05, 4.69) is 25.6 Å². The number of halogens is 1. The molecule has 0 atom stereocenters. The molecule has 0 fully saturated rings. The molecule has 0 saturated heterocycles. The van der Waals surface area contributed by atoms with Crippen molar-refractivity contribution < 1.29 is 9.53 Å². The number of hydrogen-bond donors (Lipinski definition) is 2. The molecule has 9 heteroatoms. The highest BCUT2D eigenvalue weighted by Crippen LogP contribution is 2.35. The largest absolute Gasteiger partial charge is 0.493 e. The molecule has 0 spiro atoms. The van der Waals surface area contributed by atoms with E-state index < -0.39 is 0 Å². The Morgan fingerprint density at radius 2 is 2.26 bits per heavy atom. The molecule has 1 aromatic carbocycles. The second kappa shape index (κ2) is 7.08. The molecule has 0 aliphatic rings. The maximum atomic E-state index is 12.7. The Balaban J connectivity index is 1.69. The summed E-state index contributed by atoms with van der Waals surface area (Å²) >= 11 is 6.14. The fraction of sp³-hybridized carbons (Fsp3) is 0.111. The zero-order valence-electron chi connectivity index (χ0n) is 14.3. The Kier molecular flexibility index (Phi) is 4.47. The zero-order chi connectivity index (χ0) is 18.8. The number of carbonyl (C=O) groups is 1. The highest BCUT2D eigenvalue weighted by molar-refractivity contribution is 6.31. The van der Waals surface area contributed by atoms with Crippen LogP contribution in [-0.4, -0.2) is 37.3 Å². The number of ether oxygens (including phenoxy) is 1. The standard InChI is InChI=1S/C18H15ClN6O2/c1-2-27-15-5-4-11(19)8-12(15)16-14(10-21-24-16)23-18(26)13-9-22-25-7-3-6-20-17(13)25/h3-10H,2H2,1H3,(H,21,24)(H,23,26). The quantitative estimate of drug-likeness (QED) is 0.551. The first-order chi connectivity index (χ1) is 13.2.